The van der Waals surface area contributed by atoms with Gasteiger partial charge in [-0.25, -0.2) is 4.39 Å². The summed E-state index contributed by atoms with van der Waals surface area (Å²) < 4.78 is 15.8. The first-order valence-electron chi connectivity index (χ1n) is 9.26. The number of benzene rings is 2. The highest BCUT2D eigenvalue weighted by Crippen LogP contribution is 2.31. The van der Waals surface area contributed by atoms with Crippen LogP contribution in [0.15, 0.2) is 53.7 Å². The molecule has 1 aromatic heterocycles. The fourth-order valence-corrected chi connectivity index (χ4v) is 4.36. The van der Waals surface area contributed by atoms with Crippen molar-refractivity contribution in [2.24, 2.45) is 7.05 Å². The number of carbonyl (C=O) groups is 1. The van der Waals surface area contributed by atoms with E-state index in [0.29, 0.717) is 16.5 Å². The van der Waals surface area contributed by atoms with Gasteiger partial charge in [0.2, 0.25) is 5.91 Å². The van der Waals surface area contributed by atoms with Crippen LogP contribution in [0.5, 0.6) is 0 Å². The molecule has 0 fully saturated rings. The monoisotopic (exact) mass is 396 g/mol. The third-order valence-corrected chi connectivity index (χ3v) is 6.08. The van der Waals surface area contributed by atoms with Gasteiger partial charge in [-0.3, -0.25) is 4.79 Å². The van der Waals surface area contributed by atoms with Crippen LogP contribution in [0.2, 0.25) is 0 Å². The highest BCUT2D eigenvalue weighted by Gasteiger charge is 2.28. The number of aromatic nitrogens is 3. The number of halogens is 1. The van der Waals surface area contributed by atoms with Gasteiger partial charge in [-0.05, 0) is 43.5 Å². The van der Waals surface area contributed by atoms with Gasteiger partial charge >= 0.3 is 0 Å². The Morgan fingerprint density at radius 2 is 1.89 bits per heavy atom. The Labute approximate surface area is 167 Å². The van der Waals surface area contributed by atoms with Gasteiger partial charge in [0.25, 0.3) is 0 Å². The van der Waals surface area contributed by atoms with Gasteiger partial charge in [0, 0.05) is 19.3 Å². The zero-order valence-electron chi connectivity index (χ0n) is 15.8. The fraction of sp³-hybridized carbons (Fsp3) is 0.286. The number of nitrogens with zero attached hydrogens (tertiary/aromatic N) is 4. The van der Waals surface area contributed by atoms with E-state index in [9.17, 15) is 9.18 Å². The molecule has 3 aromatic rings. The van der Waals surface area contributed by atoms with E-state index in [1.54, 1.807) is 29.8 Å². The Bertz CT molecular complexity index is 1020. The molecule has 7 heteroatoms. The van der Waals surface area contributed by atoms with Crippen LogP contribution in [0, 0.1) is 5.82 Å². The molecule has 0 aliphatic carbocycles. The van der Waals surface area contributed by atoms with E-state index in [4.69, 9.17) is 0 Å². The Kier molecular flexibility index (Phi) is 5.17. The number of thioether (sulfide) groups is 1. The number of rotatable bonds is 4. The van der Waals surface area contributed by atoms with Crippen molar-refractivity contribution in [3.05, 3.63) is 59.9 Å². The summed E-state index contributed by atoms with van der Waals surface area (Å²) in [5.41, 5.74) is 2.60. The van der Waals surface area contributed by atoms with E-state index in [1.165, 1.54) is 23.4 Å². The van der Waals surface area contributed by atoms with Crippen LogP contribution in [0.25, 0.3) is 11.4 Å². The maximum atomic E-state index is 14.1. The third kappa shape index (κ3) is 3.42. The number of carbonyl (C=O) groups excluding carboxylic acids is 1. The van der Waals surface area contributed by atoms with Crippen LogP contribution < -0.4 is 4.90 Å². The van der Waals surface area contributed by atoms with Crippen LogP contribution in [0.3, 0.4) is 0 Å². The summed E-state index contributed by atoms with van der Waals surface area (Å²) >= 11 is 1.34. The van der Waals surface area contributed by atoms with E-state index >= 15 is 0 Å². The molecule has 2 aromatic carbocycles. The largest absolute Gasteiger partial charge is 0.311 e. The van der Waals surface area contributed by atoms with Crippen LogP contribution in [-0.2, 0) is 18.3 Å². The molecule has 1 unspecified atom stereocenters. The molecule has 0 saturated carbocycles. The molecule has 0 radical (unpaired) electrons. The van der Waals surface area contributed by atoms with E-state index in [2.05, 4.69) is 16.3 Å². The topological polar surface area (TPSA) is 51.0 Å². The highest BCUT2D eigenvalue weighted by atomic mass is 32.2. The molecule has 0 saturated heterocycles. The molecule has 144 valence electrons. The zero-order chi connectivity index (χ0) is 19.7. The van der Waals surface area contributed by atoms with Crippen molar-refractivity contribution in [3.63, 3.8) is 0 Å². The van der Waals surface area contributed by atoms with Gasteiger partial charge in [0.05, 0.1) is 10.8 Å². The quantitative estimate of drug-likeness (QED) is 0.624. The second-order valence-corrected chi connectivity index (χ2v) is 8.14. The minimum absolute atomic E-state index is 0.0487. The van der Waals surface area contributed by atoms with Crippen molar-refractivity contribution in [1.82, 2.24) is 14.8 Å². The molecule has 1 atom stereocenters. The highest BCUT2D eigenvalue weighted by molar-refractivity contribution is 8.00. The van der Waals surface area contributed by atoms with Crippen molar-refractivity contribution in [1.29, 1.82) is 0 Å². The predicted octanol–water partition coefficient (Wildman–Crippen LogP) is 4.08. The second kappa shape index (κ2) is 7.75. The molecule has 0 bridgehead atoms. The predicted molar refractivity (Wildman–Crippen MR) is 109 cm³/mol. The Morgan fingerprint density at radius 3 is 2.71 bits per heavy atom. The number of hydrogen-bond donors (Lipinski definition) is 0. The minimum atomic E-state index is -0.344. The first kappa shape index (κ1) is 18.7. The van der Waals surface area contributed by atoms with Crippen LogP contribution in [0.4, 0.5) is 10.1 Å². The first-order chi connectivity index (χ1) is 13.6. The van der Waals surface area contributed by atoms with Crippen molar-refractivity contribution < 1.29 is 9.18 Å². The molecule has 5 nitrogen and oxygen atoms in total. The first-order valence-corrected chi connectivity index (χ1v) is 10.1. The number of anilines is 1. The summed E-state index contributed by atoms with van der Waals surface area (Å²) in [6.45, 7) is 2.60. The molecule has 0 N–H and O–H groups in total. The smallest absolute Gasteiger partial charge is 0.240 e. The summed E-state index contributed by atoms with van der Waals surface area (Å²) in [4.78, 5) is 15.0. The molecule has 0 spiro atoms. The average Bonchev–Trinajstić information content (AvgIpc) is 3.07. The summed E-state index contributed by atoms with van der Waals surface area (Å²) in [7, 11) is 1.79. The Hall–Kier alpha value is -2.67. The molecule has 2 heterocycles. The van der Waals surface area contributed by atoms with Gasteiger partial charge in [-0.15, -0.1) is 10.2 Å². The standard InChI is InChI=1S/C21H21FN4OS/c1-14(20(27)26-13-7-9-15-8-3-6-12-18(15)26)28-21-24-23-19(25(21)2)16-10-4-5-11-17(16)22/h3-6,8,10-12,14H,7,9,13H2,1-2H3. The van der Waals surface area contributed by atoms with Crippen LogP contribution in [-0.4, -0.2) is 32.5 Å². The fourth-order valence-electron chi connectivity index (χ4n) is 3.49. The maximum absolute atomic E-state index is 14.1. The van der Waals surface area contributed by atoms with E-state index < -0.39 is 0 Å². The maximum Gasteiger partial charge on any atom is 0.240 e. The molecule has 28 heavy (non-hydrogen) atoms. The van der Waals surface area contributed by atoms with Crippen LogP contribution >= 0.6 is 11.8 Å². The van der Waals surface area contributed by atoms with Gasteiger partial charge < -0.3 is 9.47 Å². The molecule has 1 amide bonds. The van der Waals surface area contributed by atoms with Gasteiger partial charge in [0.1, 0.15) is 5.82 Å². The lowest BCUT2D eigenvalue weighted by molar-refractivity contribution is -0.117. The zero-order valence-corrected chi connectivity index (χ0v) is 16.6. The molecule has 4 rings (SSSR count). The average molecular weight is 396 g/mol. The van der Waals surface area contributed by atoms with Crippen molar-refractivity contribution in [3.8, 4) is 11.4 Å². The number of hydrogen-bond acceptors (Lipinski definition) is 4. The lowest BCUT2D eigenvalue weighted by Crippen LogP contribution is -2.40. The second-order valence-electron chi connectivity index (χ2n) is 6.83. The number of para-hydroxylation sites is 1. The van der Waals surface area contributed by atoms with Crippen LogP contribution in [0.1, 0.15) is 18.9 Å². The van der Waals surface area contributed by atoms with E-state index in [1.807, 2.05) is 30.0 Å². The van der Waals surface area contributed by atoms with Crippen molar-refractivity contribution >= 4 is 23.4 Å². The number of amides is 1. The summed E-state index contributed by atoms with van der Waals surface area (Å²) in [6.07, 6.45) is 1.96. The minimum Gasteiger partial charge on any atom is -0.311 e. The molecular weight excluding hydrogens is 375 g/mol. The van der Waals surface area contributed by atoms with Gasteiger partial charge in [-0.2, -0.15) is 0 Å². The van der Waals surface area contributed by atoms with Crippen molar-refractivity contribution in [2.75, 3.05) is 11.4 Å². The lowest BCUT2D eigenvalue weighted by Gasteiger charge is -2.31. The summed E-state index contributed by atoms with van der Waals surface area (Å²) in [5, 5.41) is 8.57. The SMILES string of the molecule is CC(Sc1nnc(-c2ccccc2F)n1C)C(=O)N1CCCc2ccccc21. The van der Waals surface area contributed by atoms with E-state index in [-0.39, 0.29) is 17.0 Å². The number of aryl methyl sites for hydroxylation is 1. The summed E-state index contributed by atoms with van der Waals surface area (Å²) in [5.74, 6) is 0.153. The lowest BCUT2D eigenvalue weighted by atomic mass is 10.0. The van der Waals surface area contributed by atoms with Gasteiger partial charge in [-0.1, -0.05) is 42.1 Å². The number of fused-ring (bicyclic) bond motifs is 1. The molecule has 1 aliphatic heterocycles. The Morgan fingerprint density at radius 1 is 1.14 bits per heavy atom. The summed E-state index contributed by atoms with van der Waals surface area (Å²) in [6, 6.07) is 14.5. The van der Waals surface area contributed by atoms with E-state index in [0.717, 1.165) is 25.1 Å². The van der Waals surface area contributed by atoms with Crippen molar-refractivity contribution in [2.45, 2.75) is 30.2 Å². The normalized spacial score (nSPS) is 14.6. The Balaban J connectivity index is 1.54. The van der Waals surface area contributed by atoms with Gasteiger partial charge in [0.15, 0.2) is 11.0 Å². The molecule has 1 aliphatic rings. The third-order valence-electron chi connectivity index (χ3n) is 4.96. The molecular formula is C21H21FN4OS.